The van der Waals surface area contributed by atoms with Gasteiger partial charge in [-0.05, 0) is 25.1 Å². The van der Waals surface area contributed by atoms with Gasteiger partial charge in [0.15, 0.2) is 0 Å². The number of nitrogen functional groups attached to an aromatic ring is 1. The van der Waals surface area contributed by atoms with Crippen LogP contribution in [0.4, 0.5) is 5.82 Å². The molecule has 0 bridgehead atoms. The molecule has 0 aliphatic carbocycles. The van der Waals surface area contributed by atoms with Gasteiger partial charge in [-0.2, -0.15) is 0 Å². The van der Waals surface area contributed by atoms with Gasteiger partial charge in [-0.15, -0.1) is 0 Å². The predicted octanol–water partition coefficient (Wildman–Crippen LogP) is 3.00. The van der Waals surface area contributed by atoms with Crippen LogP contribution < -0.4 is 11.5 Å². The average molecular weight is 293 g/mol. The maximum absolute atomic E-state index is 11.7. The summed E-state index contributed by atoms with van der Waals surface area (Å²) in [6.45, 7) is 2.01. The van der Waals surface area contributed by atoms with Crippen LogP contribution in [0.15, 0.2) is 53.1 Å². The molecule has 2 heterocycles. The van der Waals surface area contributed by atoms with Crippen LogP contribution >= 0.6 is 0 Å². The highest BCUT2D eigenvalue weighted by molar-refractivity contribution is 6.04. The van der Waals surface area contributed by atoms with Crippen LogP contribution in [0.5, 0.6) is 0 Å². The molecule has 0 saturated heterocycles. The average Bonchev–Trinajstić information content (AvgIpc) is 3.00. The molecule has 0 aliphatic heterocycles. The van der Waals surface area contributed by atoms with Crippen LogP contribution in [0.2, 0.25) is 0 Å². The third-order valence-electron chi connectivity index (χ3n) is 3.43. The van der Waals surface area contributed by atoms with Crippen LogP contribution in [0.25, 0.3) is 22.6 Å². The lowest BCUT2D eigenvalue weighted by atomic mass is 10.0. The van der Waals surface area contributed by atoms with Crippen LogP contribution in [0, 0.1) is 6.92 Å². The molecule has 0 spiro atoms. The summed E-state index contributed by atoms with van der Waals surface area (Å²) in [6, 6.07) is 13.1. The number of carbonyl (C=O) groups is 1. The molecule has 0 atom stereocenters. The van der Waals surface area contributed by atoms with E-state index in [2.05, 4.69) is 4.98 Å². The molecule has 4 N–H and O–H groups in total. The van der Waals surface area contributed by atoms with Gasteiger partial charge in [0.1, 0.15) is 11.6 Å². The van der Waals surface area contributed by atoms with Crippen molar-refractivity contribution in [3.63, 3.8) is 0 Å². The summed E-state index contributed by atoms with van der Waals surface area (Å²) in [4.78, 5) is 16.0. The Labute approximate surface area is 127 Å². The standard InChI is InChI=1S/C17H15N3O2/c1-10-4-6-11(7-5-10)13-9-12(14-3-2-8-22-14)15(17(19)21)16(18)20-13/h2-9H,1H3,(H2,18,20)(H2,19,21). The zero-order valence-corrected chi connectivity index (χ0v) is 12.0. The number of anilines is 1. The van der Waals surface area contributed by atoms with Gasteiger partial charge in [0.05, 0.1) is 17.5 Å². The number of primary amides is 1. The fraction of sp³-hybridized carbons (Fsp3) is 0.0588. The number of hydrogen-bond donors (Lipinski definition) is 2. The Morgan fingerprint density at radius 2 is 1.91 bits per heavy atom. The second-order valence-electron chi connectivity index (χ2n) is 5.02. The quantitative estimate of drug-likeness (QED) is 0.776. The lowest BCUT2D eigenvalue weighted by molar-refractivity contribution is 0.100. The Kier molecular flexibility index (Phi) is 3.39. The molecular formula is C17H15N3O2. The first-order chi connectivity index (χ1) is 10.6. The maximum Gasteiger partial charge on any atom is 0.253 e. The number of hydrogen-bond acceptors (Lipinski definition) is 4. The number of pyridine rings is 1. The zero-order chi connectivity index (χ0) is 15.7. The number of carbonyl (C=O) groups excluding carboxylic acids is 1. The predicted molar refractivity (Wildman–Crippen MR) is 85.0 cm³/mol. The minimum Gasteiger partial charge on any atom is -0.464 e. The second-order valence-corrected chi connectivity index (χ2v) is 5.02. The first kappa shape index (κ1) is 13.9. The van der Waals surface area contributed by atoms with E-state index in [4.69, 9.17) is 15.9 Å². The van der Waals surface area contributed by atoms with Crippen LogP contribution in [-0.2, 0) is 0 Å². The third kappa shape index (κ3) is 2.44. The van der Waals surface area contributed by atoms with Crippen molar-refractivity contribution in [3.8, 4) is 22.6 Å². The van der Waals surface area contributed by atoms with Crippen molar-refractivity contribution in [2.45, 2.75) is 6.92 Å². The number of aryl methyl sites for hydroxylation is 1. The Morgan fingerprint density at radius 3 is 2.50 bits per heavy atom. The molecule has 2 aromatic heterocycles. The van der Waals surface area contributed by atoms with Crippen molar-refractivity contribution in [2.75, 3.05) is 5.73 Å². The van der Waals surface area contributed by atoms with Crippen molar-refractivity contribution < 1.29 is 9.21 Å². The molecule has 3 aromatic rings. The fourth-order valence-corrected chi connectivity index (χ4v) is 2.32. The molecule has 0 fully saturated rings. The molecule has 1 amide bonds. The Bertz CT molecular complexity index is 822. The molecule has 5 heteroatoms. The van der Waals surface area contributed by atoms with E-state index in [1.165, 1.54) is 6.26 Å². The van der Waals surface area contributed by atoms with Crippen LogP contribution in [0.1, 0.15) is 15.9 Å². The van der Waals surface area contributed by atoms with Crippen molar-refractivity contribution >= 4 is 11.7 Å². The number of benzene rings is 1. The largest absolute Gasteiger partial charge is 0.464 e. The van der Waals surface area contributed by atoms with E-state index in [1.807, 2.05) is 31.2 Å². The van der Waals surface area contributed by atoms with Gasteiger partial charge in [0.25, 0.3) is 5.91 Å². The topological polar surface area (TPSA) is 95.1 Å². The van der Waals surface area contributed by atoms with Gasteiger partial charge in [-0.3, -0.25) is 4.79 Å². The molecule has 0 saturated carbocycles. The highest BCUT2D eigenvalue weighted by Crippen LogP contribution is 2.31. The molecule has 5 nitrogen and oxygen atoms in total. The molecule has 0 radical (unpaired) electrons. The van der Waals surface area contributed by atoms with E-state index in [9.17, 15) is 4.79 Å². The molecular weight excluding hydrogens is 278 g/mol. The third-order valence-corrected chi connectivity index (χ3v) is 3.43. The minimum absolute atomic E-state index is 0.0944. The summed E-state index contributed by atoms with van der Waals surface area (Å²) in [7, 11) is 0. The summed E-state index contributed by atoms with van der Waals surface area (Å²) in [6.07, 6.45) is 1.53. The molecule has 3 rings (SSSR count). The number of nitrogens with zero attached hydrogens (tertiary/aromatic N) is 1. The fourth-order valence-electron chi connectivity index (χ4n) is 2.32. The van der Waals surface area contributed by atoms with Gasteiger partial charge in [-0.25, -0.2) is 4.98 Å². The normalized spacial score (nSPS) is 10.6. The van der Waals surface area contributed by atoms with E-state index in [0.29, 0.717) is 17.0 Å². The van der Waals surface area contributed by atoms with Crippen molar-refractivity contribution in [3.05, 3.63) is 59.9 Å². The van der Waals surface area contributed by atoms with Gasteiger partial charge >= 0.3 is 0 Å². The van der Waals surface area contributed by atoms with Crippen LogP contribution in [-0.4, -0.2) is 10.9 Å². The number of aromatic nitrogens is 1. The van der Waals surface area contributed by atoms with E-state index < -0.39 is 5.91 Å². The number of furan rings is 1. The highest BCUT2D eigenvalue weighted by Gasteiger charge is 2.19. The molecule has 22 heavy (non-hydrogen) atoms. The van der Waals surface area contributed by atoms with Gasteiger partial charge in [0, 0.05) is 11.1 Å². The maximum atomic E-state index is 11.7. The molecule has 0 unspecified atom stereocenters. The van der Waals surface area contributed by atoms with E-state index >= 15 is 0 Å². The number of nitrogens with two attached hydrogens (primary N) is 2. The van der Waals surface area contributed by atoms with Gasteiger partial charge in [-0.1, -0.05) is 29.8 Å². The first-order valence-electron chi connectivity index (χ1n) is 6.77. The van der Waals surface area contributed by atoms with E-state index in [-0.39, 0.29) is 11.4 Å². The Hall–Kier alpha value is -3.08. The highest BCUT2D eigenvalue weighted by atomic mass is 16.3. The number of rotatable bonds is 3. The van der Waals surface area contributed by atoms with E-state index in [0.717, 1.165) is 11.1 Å². The summed E-state index contributed by atoms with van der Waals surface area (Å²) < 4.78 is 5.38. The first-order valence-corrected chi connectivity index (χ1v) is 6.77. The Balaban J connectivity index is 2.22. The summed E-state index contributed by atoms with van der Waals surface area (Å²) in [5.41, 5.74) is 14.8. The summed E-state index contributed by atoms with van der Waals surface area (Å²) in [5.74, 6) is -0.0138. The smallest absolute Gasteiger partial charge is 0.253 e. The van der Waals surface area contributed by atoms with Crippen LogP contribution in [0.3, 0.4) is 0 Å². The molecule has 0 aliphatic rings. The van der Waals surface area contributed by atoms with Crippen molar-refractivity contribution in [1.29, 1.82) is 0 Å². The molecule has 110 valence electrons. The zero-order valence-electron chi connectivity index (χ0n) is 12.0. The lowest BCUT2D eigenvalue weighted by Crippen LogP contribution is -2.16. The van der Waals surface area contributed by atoms with Gasteiger partial charge < -0.3 is 15.9 Å². The lowest BCUT2D eigenvalue weighted by Gasteiger charge is -2.10. The van der Waals surface area contributed by atoms with Crippen molar-refractivity contribution in [1.82, 2.24) is 4.98 Å². The summed E-state index contributed by atoms with van der Waals surface area (Å²) in [5, 5.41) is 0. The summed E-state index contributed by atoms with van der Waals surface area (Å²) >= 11 is 0. The second kappa shape index (κ2) is 5.37. The molecule has 1 aromatic carbocycles. The van der Waals surface area contributed by atoms with E-state index in [1.54, 1.807) is 18.2 Å². The minimum atomic E-state index is -0.633. The monoisotopic (exact) mass is 293 g/mol. The van der Waals surface area contributed by atoms with Gasteiger partial charge in [0.2, 0.25) is 0 Å². The SMILES string of the molecule is Cc1ccc(-c2cc(-c3ccco3)c(C(N)=O)c(N)n2)cc1. The number of amides is 1. The Morgan fingerprint density at radius 1 is 1.18 bits per heavy atom. The van der Waals surface area contributed by atoms with Crippen molar-refractivity contribution in [2.24, 2.45) is 5.73 Å².